The molecular formula is C13H26N2O. The van der Waals surface area contributed by atoms with Gasteiger partial charge in [0, 0.05) is 6.54 Å². The van der Waals surface area contributed by atoms with E-state index < -0.39 is 0 Å². The van der Waals surface area contributed by atoms with Gasteiger partial charge in [-0.25, -0.2) is 0 Å². The Labute approximate surface area is 99.6 Å². The summed E-state index contributed by atoms with van der Waals surface area (Å²) >= 11 is 0. The second kappa shape index (κ2) is 5.67. The van der Waals surface area contributed by atoms with Crippen LogP contribution < -0.4 is 5.32 Å². The van der Waals surface area contributed by atoms with Gasteiger partial charge in [0.1, 0.15) is 0 Å². The summed E-state index contributed by atoms with van der Waals surface area (Å²) in [5, 5.41) is 3.31. The first-order valence-corrected chi connectivity index (χ1v) is 6.54. The summed E-state index contributed by atoms with van der Waals surface area (Å²) in [5.41, 5.74) is -0.307. The van der Waals surface area contributed by atoms with Crippen LogP contribution in [0.4, 0.5) is 0 Å². The van der Waals surface area contributed by atoms with Crippen LogP contribution in [0.15, 0.2) is 0 Å². The molecule has 3 nitrogen and oxygen atoms in total. The van der Waals surface area contributed by atoms with E-state index in [0.29, 0.717) is 0 Å². The average molecular weight is 226 g/mol. The van der Waals surface area contributed by atoms with E-state index in [-0.39, 0.29) is 11.4 Å². The minimum Gasteiger partial charge on any atom is -0.328 e. The highest BCUT2D eigenvalue weighted by atomic mass is 16.2. The Kier molecular flexibility index (Phi) is 4.78. The molecule has 1 unspecified atom stereocenters. The zero-order valence-corrected chi connectivity index (χ0v) is 11.2. The van der Waals surface area contributed by atoms with E-state index in [1.807, 2.05) is 11.8 Å². The summed E-state index contributed by atoms with van der Waals surface area (Å²) in [6.07, 6.45) is 4.49. The largest absolute Gasteiger partial charge is 0.328 e. The molecule has 1 amide bonds. The first-order valence-electron chi connectivity index (χ1n) is 6.54. The van der Waals surface area contributed by atoms with Gasteiger partial charge in [-0.15, -0.1) is 0 Å². The fraction of sp³-hybridized carbons (Fsp3) is 0.923. The first kappa shape index (κ1) is 13.5. The van der Waals surface area contributed by atoms with Crippen LogP contribution in [0.3, 0.4) is 0 Å². The molecule has 1 aliphatic heterocycles. The van der Waals surface area contributed by atoms with E-state index in [4.69, 9.17) is 0 Å². The summed E-state index contributed by atoms with van der Waals surface area (Å²) in [7, 11) is 0. The lowest BCUT2D eigenvalue weighted by atomic mass is 9.99. The molecule has 1 heterocycles. The molecule has 0 aromatic rings. The molecule has 0 aliphatic carbocycles. The number of hydrogen-bond donors (Lipinski definition) is 1. The Morgan fingerprint density at radius 1 is 1.44 bits per heavy atom. The lowest BCUT2D eigenvalue weighted by molar-refractivity contribution is -0.132. The van der Waals surface area contributed by atoms with Gasteiger partial charge >= 0.3 is 0 Å². The van der Waals surface area contributed by atoms with Crippen molar-refractivity contribution in [1.82, 2.24) is 10.2 Å². The van der Waals surface area contributed by atoms with E-state index in [0.717, 1.165) is 32.0 Å². The third kappa shape index (κ3) is 3.21. The number of unbranched alkanes of at least 4 members (excludes halogenated alkanes) is 1. The predicted octanol–water partition coefficient (Wildman–Crippen LogP) is 2.37. The third-order valence-electron chi connectivity index (χ3n) is 3.59. The monoisotopic (exact) mass is 226 g/mol. The Morgan fingerprint density at radius 3 is 2.62 bits per heavy atom. The van der Waals surface area contributed by atoms with Crippen molar-refractivity contribution in [3.63, 3.8) is 0 Å². The van der Waals surface area contributed by atoms with Gasteiger partial charge in [-0.2, -0.15) is 0 Å². The molecule has 0 aromatic heterocycles. The van der Waals surface area contributed by atoms with Crippen LogP contribution >= 0.6 is 0 Å². The van der Waals surface area contributed by atoms with Crippen molar-refractivity contribution in [3.8, 4) is 0 Å². The van der Waals surface area contributed by atoms with Crippen LogP contribution in [0.1, 0.15) is 53.4 Å². The van der Waals surface area contributed by atoms with Crippen LogP contribution in [0, 0.1) is 5.92 Å². The quantitative estimate of drug-likeness (QED) is 0.705. The fourth-order valence-corrected chi connectivity index (χ4v) is 2.08. The van der Waals surface area contributed by atoms with E-state index >= 15 is 0 Å². The lowest BCUT2D eigenvalue weighted by Crippen LogP contribution is -2.43. The summed E-state index contributed by atoms with van der Waals surface area (Å²) in [6, 6.07) is 0. The van der Waals surface area contributed by atoms with E-state index in [1.165, 1.54) is 12.8 Å². The molecule has 1 atom stereocenters. The van der Waals surface area contributed by atoms with Gasteiger partial charge in [-0.05, 0) is 25.7 Å². The van der Waals surface area contributed by atoms with E-state index in [2.05, 4.69) is 26.1 Å². The molecule has 1 fully saturated rings. The highest BCUT2D eigenvalue weighted by Gasteiger charge is 2.40. The summed E-state index contributed by atoms with van der Waals surface area (Å²) in [5.74, 6) is 1.05. The van der Waals surface area contributed by atoms with Gasteiger partial charge in [0.25, 0.3) is 0 Å². The number of amides is 1. The van der Waals surface area contributed by atoms with Crippen LogP contribution in [-0.4, -0.2) is 29.6 Å². The Bertz CT molecular complexity index is 240. The predicted molar refractivity (Wildman–Crippen MR) is 67.1 cm³/mol. The molecule has 1 N–H and O–H groups in total. The number of carbonyl (C=O) groups excluding carboxylic acids is 1. The standard InChI is InChI=1S/C13H26N2O/c1-5-13(4)12(16)15(10-14-13)9-7-6-8-11(2)3/h11,14H,5-10H2,1-4H3. The van der Waals surface area contributed by atoms with Gasteiger partial charge < -0.3 is 4.90 Å². The zero-order chi connectivity index (χ0) is 12.2. The Hall–Kier alpha value is -0.570. The maximum absolute atomic E-state index is 12.0. The molecule has 0 spiro atoms. The summed E-state index contributed by atoms with van der Waals surface area (Å²) in [6.45, 7) is 10.2. The van der Waals surface area contributed by atoms with Crippen molar-refractivity contribution >= 4 is 5.91 Å². The third-order valence-corrected chi connectivity index (χ3v) is 3.59. The van der Waals surface area contributed by atoms with Crippen molar-refractivity contribution in [2.24, 2.45) is 5.92 Å². The summed E-state index contributed by atoms with van der Waals surface area (Å²) in [4.78, 5) is 14.0. The van der Waals surface area contributed by atoms with Crippen LogP contribution in [0.2, 0.25) is 0 Å². The topological polar surface area (TPSA) is 32.3 Å². The molecule has 94 valence electrons. The van der Waals surface area contributed by atoms with E-state index in [1.54, 1.807) is 0 Å². The van der Waals surface area contributed by atoms with Gasteiger partial charge in [-0.3, -0.25) is 10.1 Å². The number of hydrogen-bond acceptors (Lipinski definition) is 2. The molecule has 0 saturated carbocycles. The highest BCUT2D eigenvalue weighted by Crippen LogP contribution is 2.19. The summed E-state index contributed by atoms with van der Waals surface area (Å²) < 4.78 is 0. The van der Waals surface area contributed by atoms with Gasteiger partial charge in [0.15, 0.2) is 0 Å². The van der Waals surface area contributed by atoms with Gasteiger partial charge in [-0.1, -0.05) is 33.6 Å². The molecular weight excluding hydrogens is 200 g/mol. The molecule has 0 bridgehead atoms. The molecule has 0 radical (unpaired) electrons. The van der Waals surface area contributed by atoms with Crippen molar-refractivity contribution in [2.45, 2.75) is 58.9 Å². The Balaban J connectivity index is 2.27. The Morgan fingerprint density at radius 2 is 2.12 bits per heavy atom. The molecule has 3 heteroatoms. The lowest BCUT2D eigenvalue weighted by Gasteiger charge is -2.20. The van der Waals surface area contributed by atoms with Gasteiger partial charge in [0.05, 0.1) is 12.2 Å². The molecule has 1 aliphatic rings. The molecule has 1 rings (SSSR count). The maximum Gasteiger partial charge on any atom is 0.243 e. The second-order valence-corrected chi connectivity index (χ2v) is 5.48. The van der Waals surface area contributed by atoms with Crippen molar-refractivity contribution in [1.29, 1.82) is 0 Å². The highest BCUT2D eigenvalue weighted by molar-refractivity contribution is 5.87. The number of carbonyl (C=O) groups is 1. The number of rotatable bonds is 6. The molecule has 16 heavy (non-hydrogen) atoms. The first-order chi connectivity index (χ1) is 7.49. The van der Waals surface area contributed by atoms with Crippen molar-refractivity contribution < 1.29 is 4.79 Å². The maximum atomic E-state index is 12.0. The zero-order valence-electron chi connectivity index (χ0n) is 11.2. The second-order valence-electron chi connectivity index (χ2n) is 5.48. The van der Waals surface area contributed by atoms with Crippen LogP contribution in [0.25, 0.3) is 0 Å². The van der Waals surface area contributed by atoms with Crippen LogP contribution in [0.5, 0.6) is 0 Å². The minimum atomic E-state index is -0.307. The molecule has 0 aromatic carbocycles. The van der Waals surface area contributed by atoms with Crippen LogP contribution in [-0.2, 0) is 4.79 Å². The fourth-order valence-electron chi connectivity index (χ4n) is 2.08. The SMILES string of the molecule is CCC1(C)NCN(CCCCC(C)C)C1=O. The minimum absolute atomic E-state index is 0.277. The van der Waals surface area contributed by atoms with E-state index in [9.17, 15) is 4.79 Å². The van der Waals surface area contributed by atoms with Crippen molar-refractivity contribution in [3.05, 3.63) is 0 Å². The smallest absolute Gasteiger partial charge is 0.243 e. The van der Waals surface area contributed by atoms with Gasteiger partial charge in [0.2, 0.25) is 5.91 Å². The number of nitrogens with zero attached hydrogens (tertiary/aromatic N) is 1. The molecule has 1 saturated heterocycles. The average Bonchev–Trinajstić information content (AvgIpc) is 2.53. The number of nitrogens with one attached hydrogen (secondary N) is 1. The van der Waals surface area contributed by atoms with Crippen molar-refractivity contribution in [2.75, 3.05) is 13.2 Å². The normalized spacial score (nSPS) is 25.8.